The van der Waals surface area contributed by atoms with Crippen molar-refractivity contribution in [2.75, 3.05) is 19.0 Å². The summed E-state index contributed by atoms with van der Waals surface area (Å²) in [4.78, 5) is 24.1. The van der Waals surface area contributed by atoms with Crippen LogP contribution >= 0.6 is 0 Å². The molecule has 9 heteroatoms. The monoisotopic (exact) mass is 391 g/mol. The van der Waals surface area contributed by atoms with Crippen LogP contribution in [-0.4, -0.2) is 36.7 Å². The largest absolute Gasteiger partial charge is 0.508 e. The normalized spacial score (nSPS) is 18.9. The number of hydrogen-bond donors (Lipinski definition) is 4. The molecule has 3 amide bonds. The van der Waals surface area contributed by atoms with Gasteiger partial charge < -0.3 is 25.8 Å². The van der Waals surface area contributed by atoms with Crippen molar-refractivity contribution in [3.8, 4) is 11.5 Å². The van der Waals surface area contributed by atoms with E-state index in [1.54, 1.807) is 0 Å². The Labute approximate surface area is 159 Å². The van der Waals surface area contributed by atoms with E-state index in [1.165, 1.54) is 31.4 Å². The van der Waals surface area contributed by atoms with E-state index in [0.717, 1.165) is 12.1 Å². The summed E-state index contributed by atoms with van der Waals surface area (Å²) in [6.07, 6.45) is -0.176. The second kappa shape index (κ2) is 8.12. The number of carbonyl (C=O) groups excluding carboxylic acids is 2. The Morgan fingerprint density at radius 2 is 1.86 bits per heavy atom. The number of aromatic hydroxyl groups is 1. The average Bonchev–Trinajstić information content (AvgIpc) is 2.65. The molecule has 0 aromatic heterocycles. The molecule has 3 rings (SSSR count). The minimum absolute atomic E-state index is 0.0218. The fourth-order valence-electron chi connectivity index (χ4n) is 3.15. The molecule has 0 unspecified atom stereocenters. The van der Waals surface area contributed by atoms with Crippen LogP contribution in [0.3, 0.4) is 0 Å². The number of phenolic OH excluding ortho intramolecular Hbond substituents is 1. The first-order valence-electron chi connectivity index (χ1n) is 8.53. The standard InChI is InChI=1S/C19H19F2N3O4/c1-28-12-6-14(20)18(15(21)7-12)13-8-17(26)22-9-16(13)24-19(27)23-10-2-4-11(25)5-3-10/h2-7,13,16,25H,8-9H2,1H3,(H,22,26)(H2,23,24,27)/t13-,16-/m1/s1. The van der Waals surface area contributed by atoms with E-state index >= 15 is 0 Å². The Morgan fingerprint density at radius 3 is 2.46 bits per heavy atom. The van der Waals surface area contributed by atoms with Gasteiger partial charge in [0.05, 0.1) is 13.2 Å². The second-order valence-corrected chi connectivity index (χ2v) is 6.37. The van der Waals surface area contributed by atoms with E-state index in [1.807, 2.05) is 0 Å². The number of carbonyl (C=O) groups is 2. The first-order chi connectivity index (χ1) is 13.4. The van der Waals surface area contributed by atoms with E-state index in [4.69, 9.17) is 4.74 Å². The summed E-state index contributed by atoms with van der Waals surface area (Å²) >= 11 is 0. The maximum Gasteiger partial charge on any atom is 0.319 e. The van der Waals surface area contributed by atoms with Gasteiger partial charge in [-0.25, -0.2) is 13.6 Å². The van der Waals surface area contributed by atoms with Crippen molar-refractivity contribution in [2.45, 2.75) is 18.4 Å². The highest BCUT2D eigenvalue weighted by Crippen LogP contribution is 2.33. The van der Waals surface area contributed by atoms with Crippen molar-refractivity contribution < 1.29 is 28.2 Å². The van der Waals surface area contributed by atoms with E-state index in [9.17, 15) is 23.5 Å². The highest BCUT2D eigenvalue weighted by molar-refractivity contribution is 5.90. The number of ether oxygens (including phenoxy) is 1. The van der Waals surface area contributed by atoms with E-state index < -0.39 is 29.6 Å². The molecule has 0 saturated carbocycles. The number of nitrogens with one attached hydrogen (secondary N) is 3. The Bertz CT molecular complexity index is 866. The first-order valence-corrected chi connectivity index (χ1v) is 8.53. The predicted octanol–water partition coefficient (Wildman–Crippen LogP) is 2.47. The van der Waals surface area contributed by atoms with Crippen LogP contribution in [0.5, 0.6) is 11.5 Å². The Morgan fingerprint density at radius 1 is 1.21 bits per heavy atom. The lowest BCUT2D eigenvalue weighted by Gasteiger charge is -2.33. The average molecular weight is 391 g/mol. The van der Waals surface area contributed by atoms with Gasteiger partial charge in [0.25, 0.3) is 0 Å². The smallest absolute Gasteiger partial charge is 0.319 e. The Hall–Kier alpha value is -3.36. The summed E-state index contributed by atoms with van der Waals surface area (Å²) in [5.74, 6) is -2.87. The SMILES string of the molecule is COc1cc(F)c([C@@H]2CC(=O)NC[C@H]2NC(=O)Nc2ccc(O)cc2)c(F)c1. The molecule has 2 aromatic rings. The molecule has 28 heavy (non-hydrogen) atoms. The number of anilines is 1. The fourth-order valence-corrected chi connectivity index (χ4v) is 3.15. The third kappa shape index (κ3) is 4.30. The summed E-state index contributed by atoms with van der Waals surface area (Å²) in [5, 5.41) is 17.1. The second-order valence-electron chi connectivity index (χ2n) is 6.37. The van der Waals surface area contributed by atoms with Crippen LogP contribution < -0.4 is 20.7 Å². The summed E-state index contributed by atoms with van der Waals surface area (Å²) < 4.78 is 33.9. The fraction of sp³-hybridized carbons (Fsp3) is 0.263. The van der Waals surface area contributed by atoms with Gasteiger partial charge in [-0.3, -0.25) is 4.79 Å². The molecule has 2 aromatic carbocycles. The number of phenols is 1. The van der Waals surface area contributed by atoms with E-state index in [-0.39, 0.29) is 35.9 Å². The predicted molar refractivity (Wildman–Crippen MR) is 97.3 cm³/mol. The van der Waals surface area contributed by atoms with Crippen LogP contribution in [0.1, 0.15) is 17.9 Å². The van der Waals surface area contributed by atoms with Gasteiger partial charge in [0.1, 0.15) is 23.1 Å². The molecule has 2 atom stereocenters. The van der Waals surface area contributed by atoms with Crippen LogP contribution in [0, 0.1) is 11.6 Å². The van der Waals surface area contributed by atoms with E-state index in [2.05, 4.69) is 16.0 Å². The molecular weight excluding hydrogens is 372 g/mol. The van der Waals surface area contributed by atoms with Crippen LogP contribution in [-0.2, 0) is 4.79 Å². The lowest BCUT2D eigenvalue weighted by atomic mass is 9.85. The Balaban J connectivity index is 1.80. The third-order valence-corrected chi connectivity index (χ3v) is 4.51. The third-order valence-electron chi connectivity index (χ3n) is 4.51. The van der Waals surface area contributed by atoms with Crippen molar-refractivity contribution in [3.63, 3.8) is 0 Å². The number of halogens is 2. The number of hydrogen-bond acceptors (Lipinski definition) is 4. The summed E-state index contributed by atoms with van der Waals surface area (Å²) in [5.41, 5.74) is 0.152. The molecule has 1 saturated heterocycles. The molecule has 1 aliphatic rings. The maximum atomic E-state index is 14.5. The van der Waals surface area contributed by atoms with Gasteiger partial charge in [0.15, 0.2) is 0 Å². The molecule has 148 valence electrons. The van der Waals surface area contributed by atoms with Crippen LogP contribution in [0.4, 0.5) is 19.3 Å². The van der Waals surface area contributed by atoms with Crippen LogP contribution in [0.25, 0.3) is 0 Å². The topological polar surface area (TPSA) is 99.7 Å². The van der Waals surface area contributed by atoms with Crippen LogP contribution in [0.2, 0.25) is 0 Å². The molecule has 1 heterocycles. The number of urea groups is 1. The minimum atomic E-state index is -0.884. The van der Waals surface area contributed by atoms with Gasteiger partial charge in [0.2, 0.25) is 5.91 Å². The molecule has 1 aliphatic heterocycles. The highest BCUT2D eigenvalue weighted by Gasteiger charge is 2.35. The molecule has 0 aliphatic carbocycles. The molecule has 1 fully saturated rings. The highest BCUT2D eigenvalue weighted by atomic mass is 19.1. The number of amides is 3. The minimum Gasteiger partial charge on any atom is -0.508 e. The van der Waals surface area contributed by atoms with Gasteiger partial charge in [-0.2, -0.15) is 0 Å². The van der Waals surface area contributed by atoms with Gasteiger partial charge in [-0.15, -0.1) is 0 Å². The van der Waals surface area contributed by atoms with Crippen molar-refractivity contribution in [2.24, 2.45) is 0 Å². The molecular formula is C19H19F2N3O4. The van der Waals surface area contributed by atoms with Gasteiger partial charge in [0, 0.05) is 42.3 Å². The van der Waals surface area contributed by atoms with Crippen molar-refractivity contribution in [1.29, 1.82) is 0 Å². The number of rotatable bonds is 4. The van der Waals surface area contributed by atoms with Gasteiger partial charge in [-0.05, 0) is 24.3 Å². The van der Waals surface area contributed by atoms with Gasteiger partial charge >= 0.3 is 6.03 Å². The zero-order valence-corrected chi connectivity index (χ0v) is 15.0. The summed E-state index contributed by atoms with van der Waals surface area (Å²) in [6.45, 7) is 0.0252. The first kappa shape index (κ1) is 19.4. The Kier molecular flexibility index (Phi) is 5.62. The number of piperidine rings is 1. The number of benzene rings is 2. The summed E-state index contributed by atoms with van der Waals surface area (Å²) in [6, 6.07) is 6.55. The molecule has 7 nitrogen and oxygen atoms in total. The van der Waals surface area contributed by atoms with Gasteiger partial charge in [-0.1, -0.05) is 0 Å². The molecule has 0 radical (unpaired) electrons. The maximum absolute atomic E-state index is 14.5. The molecule has 0 bridgehead atoms. The quantitative estimate of drug-likeness (QED) is 0.602. The van der Waals surface area contributed by atoms with Crippen molar-refractivity contribution in [3.05, 3.63) is 53.6 Å². The number of methoxy groups -OCH3 is 1. The lowest BCUT2D eigenvalue weighted by molar-refractivity contribution is -0.123. The molecule has 4 N–H and O–H groups in total. The van der Waals surface area contributed by atoms with E-state index in [0.29, 0.717) is 5.69 Å². The van der Waals surface area contributed by atoms with Crippen LogP contribution in [0.15, 0.2) is 36.4 Å². The van der Waals surface area contributed by atoms with Crippen molar-refractivity contribution >= 4 is 17.6 Å². The summed E-state index contributed by atoms with van der Waals surface area (Å²) in [7, 11) is 1.29. The van der Waals surface area contributed by atoms with Crippen molar-refractivity contribution in [1.82, 2.24) is 10.6 Å². The zero-order chi connectivity index (χ0) is 20.3. The zero-order valence-electron chi connectivity index (χ0n) is 15.0. The lowest BCUT2D eigenvalue weighted by Crippen LogP contribution is -2.53. The molecule has 0 spiro atoms.